The van der Waals surface area contributed by atoms with Gasteiger partial charge in [0.05, 0.1) is 4.92 Å². The fraction of sp³-hybridized carbons (Fsp3) is 0.0833. The number of rotatable bonds is 4. The first-order valence-corrected chi connectivity index (χ1v) is 6.64. The molecule has 0 atom stereocenters. The Morgan fingerprint density at radius 3 is 2.47 bits per heavy atom. The van der Waals surface area contributed by atoms with Crippen molar-refractivity contribution in [3.63, 3.8) is 0 Å². The van der Waals surface area contributed by atoms with E-state index >= 15 is 0 Å². The molecule has 0 saturated heterocycles. The van der Waals surface area contributed by atoms with E-state index in [-0.39, 0.29) is 11.5 Å². The van der Waals surface area contributed by atoms with Crippen LogP contribution in [-0.2, 0) is 0 Å². The summed E-state index contributed by atoms with van der Waals surface area (Å²) in [7, 11) is 0. The first-order valence-electron chi connectivity index (χ1n) is 5.42. The van der Waals surface area contributed by atoms with Crippen LogP contribution in [0.2, 0.25) is 0 Å². The zero-order valence-electron chi connectivity index (χ0n) is 10.2. The van der Waals surface area contributed by atoms with Gasteiger partial charge in [0.15, 0.2) is 0 Å². The molecule has 7 heteroatoms. The maximum Gasteiger partial charge on any atom is 0.311 e. The number of nitrogen functional groups attached to an aromatic ring is 1. The van der Waals surface area contributed by atoms with Gasteiger partial charge < -0.3 is 11.1 Å². The predicted octanol–water partition coefficient (Wildman–Crippen LogP) is 3.04. The van der Waals surface area contributed by atoms with Crippen molar-refractivity contribution in [3.8, 4) is 0 Å². The summed E-state index contributed by atoms with van der Waals surface area (Å²) in [6.45, 7) is 0. The lowest BCUT2D eigenvalue weighted by Crippen LogP contribution is -2.01. The Bertz CT molecular complexity index is 601. The van der Waals surface area contributed by atoms with Gasteiger partial charge in [0.2, 0.25) is 5.82 Å². The lowest BCUT2D eigenvalue weighted by atomic mass is 10.3. The number of nitrogens with zero attached hydrogens (tertiary/aromatic N) is 2. The van der Waals surface area contributed by atoms with Gasteiger partial charge in [-0.15, -0.1) is 11.8 Å². The molecule has 2 rings (SSSR count). The summed E-state index contributed by atoms with van der Waals surface area (Å²) in [5.74, 6) is 0.371. The molecule has 0 fully saturated rings. The van der Waals surface area contributed by atoms with E-state index in [4.69, 9.17) is 5.73 Å². The van der Waals surface area contributed by atoms with Gasteiger partial charge in [-0.05, 0) is 36.6 Å². The third-order valence-corrected chi connectivity index (χ3v) is 3.21. The van der Waals surface area contributed by atoms with Crippen LogP contribution >= 0.6 is 11.8 Å². The van der Waals surface area contributed by atoms with Crippen molar-refractivity contribution in [2.45, 2.75) is 4.90 Å². The Morgan fingerprint density at radius 1 is 1.26 bits per heavy atom. The summed E-state index contributed by atoms with van der Waals surface area (Å²) < 4.78 is 0. The average molecular weight is 276 g/mol. The molecule has 1 aromatic carbocycles. The molecule has 0 amide bonds. The van der Waals surface area contributed by atoms with Gasteiger partial charge in [0.25, 0.3) is 0 Å². The molecule has 0 bridgehead atoms. The van der Waals surface area contributed by atoms with E-state index in [0.29, 0.717) is 5.82 Å². The summed E-state index contributed by atoms with van der Waals surface area (Å²) in [4.78, 5) is 15.2. The molecule has 3 N–H and O–H groups in total. The van der Waals surface area contributed by atoms with E-state index in [9.17, 15) is 10.1 Å². The quantitative estimate of drug-likeness (QED) is 0.506. The zero-order valence-corrected chi connectivity index (χ0v) is 11.0. The topological polar surface area (TPSA) is 94.1 Å². The number of nitrogens with two attached hydrogens (primary N) is 1. The number of pyridine rings is 1. The Balaban J connectivity index is 2.18. The van der Waals surface area contributed by atoms with E-state index in [0.717, 1.165) is 10.6 Å². The first kappa shape index (κ1) is 13.2. The van der Waals surface area contributed by atoms with Crippen molar-refractivity contribution in [2.75, 3.05) is 17.3 Å². The highest BCUT2D eigenvalue weighted by atomic mass is 32.2. The van der Waals surface area contributed by atoms with Crippen LogP contribution < -0.4 is 11.1 Å². The number of anilines is 3. The molecule has 0 saturated carbocycles. The van der Waals surface area contributed by atoms with E-state index in [1.807, 2.05) is 30.5 Å². The highest BCUT2D eigenvalue weighted by molar-refractivity contribution is 7.98. The van der Waals surface area contributed by atoms with Crippen LogP contribution in [0.1, 0.15) is 0 Å². The molecule has 0 radical (unpaired) electrons. The number of hydrogen-bond donors (Lipinski definition) is 2. The summed E-state index contributed by atoms with van der Waals surface area (Å²) in [6.07, 6.45) is 2.00. The molecule has 0 aliphatic rings. The fourth-order valence-corrected chi connectivity index (χ4v) is 1.92. The molecule has 6 nitrogen and oxygen atoms in total. The van der Waals surface area contributed by atoms with Crippen molar-refractivity contribution in [1.29, 1.82) is 0 Å². The second-order valence-electron chi connectivity index (χ2n) is 3.71. The number of nitro groups is 1. The Labute approximate surface area is 114 Å². The second kappa shape index (κ2) is 5.57. The Hall–Kier alpha value is -2.28. The monoisotopic (exact) mass is 276 g/mol. The van der Waals surface area contributed by atoms with E-state index in [2.05, 4.69) is 10.3 Å². The molecule has 2 aromatic rings. The smallest absolute Gasteiger partial charge is 0.311 e. The molecule has 1 heterocycles. The van der Waals surface area contributed by atoms with Gasteiger partial charge in [-0.25, -0.2) is 4.98 Å². The summed E-state index contributed by atoms with van der Waals surface area (Å²) in [5.41, 5.74) is 6.18. The third-order valence-electron chi connectivity index (χ3n) is 2.46. The van der Waals surface area contributed by atoms with E-state index in [1.165, 1.54) is 12.1 Å². The van der Waals surface area contributed by atoms with Crippen molar-refractivity contribution in [3.05, 3.63) is 46.5 Å². The largest absolute Gasteiger partial charge is 0.378 e. The maximum atomic E-state index is 10.6. The fourth-order valence-electron chi connectivity index (χ4n) is 1.51. The van der Waals surface area contributed by atoms with Crippen LogP contribution in [0, 0.1) is 10.1 Å². The SMILES string of the molecule is CSc1ccc(Nc2ccc([N+](=O)[O-])c(N)n2)cc1. The van der Waals surface area contributed by atoms with Gasteiger partial charge in [-0.1, -0.05) is 0 Å². The maximum absolute atomic E-state index is 10.6. The summed E-state index contributed by atoms with van der Waals surface area (Å²) in [5, 5.41) is 13.7. The molecule has 98 valence electrons. The van der Waals surface area contributed by atoms with Crippen molar-refractivity contribution < 1.29 is 4.92 Å². The number of nitrogens with one attached hydrogen (secondary N) is 1. The van der Waals surface area contributed by atoms with Gasteiger partial charge in [0, 0.05) is 16.6 Å². The van der Waals surface area contributed by atoms with Gasteiger partial charge in [-0.3, -0.25) is 10.1 Å². The molecule has 0 aliphatic carbocycles. The van der Waals surface area contributed by atoms with Crippen LogP contribution in [0.25, 0.3) is 0 Å². The van der Waals surface area contributed by atoms with Crippen LogP contribution in [0.4, 0.5) is 23.0 Å². The van der Waals surface area contributed by atoms with Gasteiger partial charge >= 0.3 is 5.69 Å². The number of aromatic nitrogens is 1. The second-order valence-corrected chi connectivity index (χ2v) is 4.59. The Morgan fingerprint density at radius 2 is 1.95 bits per heavy atom. The van der Waals surface area contributed by atoms with Crippen LogP contribution in [0.15, 0.2) is 41.3 Å². The molecular formula is C12H12N4O2S. The van der Waals surface area contributed by atoms with Crippen LogP contribution in [0.3, 0.4) is 0 Å². The average Bonchev–Trinajstić information content (AvgIpc) is 2.39. The minimum absolute atomic E-state index is 0.101. The number of thioether (sulfide) groups is 1. The van der Waals surface area contributed by atoms with Crippen LogP contribution in [-0.4, -0.2) is 16.2 Å². The lowest BCUT2D eigenvalue weighted by Gasteiger charge is -2.06. The number of hydrogen-bond acceptors (Lipinski definition) is 6. The van der Waals surface area contributed by atoms with E-state index in [1.54, 1.807) is 11.8 Å². The van der Waals surface area contributed by atoms with Gasteiger partial charge in [-0.2, -0.15) is 0 Å². The number of benzene rings is 1. The molecule has 0 aliphatic heterocycles. The van der Waals surface area contributed by atoms with Gasteiger partial charge in [0.1, 0.15) is 5.82 Å². The predicted molar refractivity (Wildman–Crippen MR) is 76.8 cm³/mol. The van der Waals surface area contributed by atoms with Crippen molar-refractivity contribution in [2.24, 2.45) is 0 Å². The third kappa shape index (κ3) is 3.14. The molecular weight excluding hydrogens is 264 g/mol. The summed E-state index contributed by atoms with van der Waals surface area (Å²) in [6, 6.07) is 10.6. The highest BCUT2D eigenvalue weighted by Gasteiger charge is 2.12. The standard InChI is InChI=1S/C12H12N4O2S/c1-19-9-4-2-8(3-5-9)14-11-7-6-10(16(17)18)12(13)15-11/h2-7H,1H3,(H3,13,14,15). The molecule has 0 spiro atoms. The zero-order chi connectivity index (χ0) is 13.8. The lowest BCUT2D eigenvalue weighted by molar-refractivity contribution is -0.384. The van der Waals surface area contributed by atoms with Crippen molar-refractivity contribution >= 4 is 34.8 Å². The molecule has 1 aromatic heterocycles. The van der Waals surface area contributed by atoms with Crippen LogP contribution in [0.5, 0.6) is 0 Å². The minimum Gasteiger partial charge on any atom is -0.378 e. The Kier molecular flexibility index (Phi) is 3.86. The van der Waals surface area contributed by atoms with Crippen molar-refractivity contribution in [1.82, 2.24) is 4.98 Å². The molecule has 19 heavy (non-hydrogen) atoms. The van der Waals surface area contributed by atoms with E-state index < -0.39 is 4.92 Å². The summed E-state index contributed by atoms with van der Waals surface area (Å²) >= 11 is 1.65. The molecule has 0 unspecified atom stereocenters. The normalized spacial score (nSPS) is 10.2. The minimum atomic E-state index is -0.556. The first-order chi connectivity index (χ1) is 9.10. The highest BCUT2D eigenvalue weighted by Crippen LogP contribution is 2.24.